The normalized spacial score (nSPS) is 11.0. The highest BCUT2D eigenvalue weighted by Crippen LogP contribution is 2.24. The predicted molar refractivity (Wildman–Crippen MR) is 90.4 cm³/mol. The number of aliphatic imine (C=N–C) groups is 1. The molecule has 0 aliphatic heterocycles. The first-order valence-corrected chi connectivity index (χ1v) is 7.55. The molecule has 4 nitrogen and oxygen atoms in total. The van der Waals surface area contributed by atoms with Crippen LogP contribution in [-0.4, -0.2) is 11.1 Å². The van der Waals surface area contributed by atoms with Gasteiger partial charge in [-0.2, -0.15) is 0 Å². The van der Waals surface area contributed by atoms with Gasteiger partial charge >= 0.3 is 0 Å². The van der Waals surface area contributed by atoms with E-state index in [1.807, 2.05) is 12.1 Å². The van der Waals surface area contributed by atoms with E-state index in [0.29, 0.717) is 5.56 Å². The molecule has 2 aromatic carbocycles. The summed E-state index contributed by atoms with van der Waals surface area (Å²) in [6.07, 6.45) is 5.03. The van der Waals surface area contributed by atoms with Crippen molar-refractivity contribution in [2.75, 3.05) is 0 Å². The monoisotopic (exact) mass is 316 g/mol. The van der Waals surface area contributed by atoms with Gasteiger partial charge in [-0.25, -0.2) is 0 Å². The maximum Gasteiger partial charge on any atom is 0.288 e. The summed E-state index contributed by atoms with van der Waals surface area (Å²) >= 11 is 5.78. The van der Waals surface area contributed by atoms with Crippen molar-refractivity contribution in [3.8, 4) is 0 Å². The van der Waals surface area contributed by atoms with E-state index in [9.17, 15) is 10.1 Å². The largest absolute Gasteiger partial charge is 0.288 e. The Labute approximate surface area is 134 Å². The van der Waals surface area contributed by atoms with Crippen molar-refractivity contribution in [1.29, 1.82) is 0 Å². The highest BCUT2D eigenvalue weighted by molar-refractivity contribution is 6.32. The quantitative estimate of drug-likeness (QED) is 0.410. The third kappa shape index (κ3) is 4.40. The Morgan fingerprint density at radius 1 is 1.23 bits per heavy atom. The summed E-state index contributed by atoms with van der Waals surface area (Å²) in [5, 5.41) is 11.0. The minimum absolute atomic E-state index is 0.111. The number of nitrogens with zero attached hydrogens (tertiary/aromatic N) is 2. The van der Waals surface area contributed by atoms with Crippen molar-refractivity contribution in [2.45, 2.75) is 26.2 Å². The molecule has 0 atom stereocenters. The van der Waals surface area contributed by atoms with Crippen LogP contribution in [0.1, 0.15) is 30.9 Å². The fourth-order valence-electron chi connectivity index (χ4n) is 2.03. The third-order valence-electron chi connectivity index (χ3n) is 3.28. The van der Waals surface area contributed by atoms with E-state index >= 15 is 0 Å². The van der Waals surface area contributed by atoms with Gasteiger partial charge in [0.25, 0.3) is 5.69 Å². The van der Waals surface area contributed by atoms with Crippen molar-refractivity contribution in [3.63, 3.8) is 0 Å². The van der Waals surface area contributed by atoms with Gasteiger partial charge in [0.2, 0.25) is 0 Å². The number of hydrogen-bond acceptors (Lipinski definition) is 3. The summed E-state index contributed by atoms with van der Waals surface area (Å²) in [5.41, 5.74) is 2.65. The summed E-state index contributed by atoms with van der Waals surface area (Å²) in [5.74, 6) is 0. The van der Waals surface area contributed by atoms with Gasteiger partial charge in [-0.05, 0) is 42.2 Å². The van der Waals surface area contributed by atoms with Crippen LogP contribution in [-0.2, 0) is 6.42 Å². The Bertz CT molecular complexity index is 682. The number of rotatable bonds is 6. The number of unbranched alkanes of at least 4 members (excludes halogenated alkanes) is 1. The van der Waals surface area contributed by atoms with Crippen molar-refractivity contribution >= 4 is 29.2 Å². The molecule has 0 saturated carbocycles. The smallest absolute Gasteiger partial charge is 0.258 e. The Balaban J connectivity index is 2.11. The van der Waals surface area contributed by atoms with Crippen LogP contribution in [0.25, 0.3) is 0 Å². The molecular formula is C17H17ClN2O2. The molecule has 22 heavy (non-hydrogen) atoms. The lowest BCUT2D eigenvalue weighted by Crippen LogP contribution is -1.91. The summed E-state index contributed by atoms with van der Waals surface area (Å²) < 4.78 is 0. The molecule has 0 N–H and O–H groups in total. The lowest BCUT2D eigenvalue weighted by atomic mass is 10.1. The van der Waals surface area contributed by atoms with E-state index in [0.717, 1.165) is 12.1 Å². The fraction of sp³-hybridized carbons (Fsp3) is 0.235. The zero-order valence-electron chi connectivity index (χ0n) is 12.3. The molecular weight excluding hydrogens is 300 g/mol. The van der Waals surface area contributed by atoms with Crippen LogP contribution in [0.4, 0.5) is 11.4 Å². The molecule has 0 unspecified atom stereocenters. The van der Waals surface area contributed by atoms with Gasteiger partial charge in [0.1, 0.15) is 5.02 Å². The summed E-state index contributed by atoms with van der Waals surface area (Å²) in [4.78, 5) is 14.7. The zero-order valence-corrected chi connectivity index (χ0v) is 13.1. The highest BCUT2D eigenvalue weighted by Gasteiger charge is 2.11. The van der Waals surface area contributed by atoms with Gasteiger partial charge < -0.3 is 0 Å². The molecule has 0 saturated heterocycles. The van der Waals surface area contributed by atoms with Crippen molar-refractivity contribution in [3.05, 3.63) is 68.7 Å². The van der Waals surface area contributed by atoms with Gasteiger partial charge in [-0.3, -0.25) is 15.1 Å². The number of nitro benzene ring substituents is 1. The molecule has 0 heterocycles. The molecule has 0 aliphatic carbocycles. The molecule has 2 rings (SSSR count). The van der Waals surface area contributed by atoms with E-state index < -0.39 is 4.92 Å². The summed E-state index contributed by atoms with van der Waals surface area (Å²) in [7, 11) is 0. The van der Waals surface area contributed by atoms with Crippen LogP contribution >= 0.6 is 11.6 Å². The standard InChI is InChI=1S/C17H17ClN2O2/c1-2-3-4-13-5-8-15(9-6-13)19-12-14-7-10-16(18)17(11-14)20(21)22/h5-12H,2-4H2,1H3. The minimum atomic E-state index is -0.498. The second kappa shape index (κ2) is 7.71. The van der Waals surface area contributed by atoms with E-state index in [1.54, 1.807) is 12.3 Å². The molecule has 0 spiro atoms. The maximum absolute atomic E-state index is 10.8. The molecule has 0 amide bonds. The van der Waals surface area contributed by atoms with Crippen LogP contribution in [0.5, 0.6) is 0 Å². The zero-order chi connectivity index (χ0) is 15.9. The molecule has 114 valence electrons. The van der Waals surface area contributed by atoms with Crippen molar-refractivity contribution in [1.82, 2.24) is 0 Å². The predicted octanol–water partition coefficient (Wildman–Crippen LogP) is 5.34. The van der Waals surface area contributed by atoms with Crippen LogP contribution in [0, 0.1) is 10.1 Å². The average Bonchev–Trinajstić information content (AvgIpc) is 2.53. The van der Waals surface area contributed by atoms with Crippen LogP contribution in [0.2, 0.25) is 5.02 Å². The lowest BCUT2D eigenvalue weighted by Gasteiger charge is -2.00. The summed E-state index contributed by atoms with van der Waals surface area (Å²) in [6, 6.07) is 12.7. The van der Waals surface area contributed by atoms with E-state index in [4.69, 9.17) is 11.6 Å². The third-order valence-corrected chi connectivity index (χ3v) is 3.60. The number of hydrogen-bond donors (Lipinski definition) is 0. The van der Waals surface area contributed by atoms with Gasteiger partial charge in [-0.15, -0.1) is 0 Å². The topological polar surface area (TPSA) is 55.5 Å². The van der Waals surface area contributed by atoms with Crippen LogP contribution in [0.3, 0.4) is 0 Å². The van der Waals surface area contributed by atoms with Crippen molar-refractivity contribution < 1.29 is 4.92 Å². The molecule has 0 bridgehead atoms. The molecule has 5 heteroatoms. The average molecular weight is 317 g/mol. The van der Waals surface area contributed by atoms with Gasteiger partial charge in [-0.1, -0.05) is 43.1 Å². The number of nitro groups is 1. The lowest BCUT2D eigenvalue weighted by molar-refractivity contribution is -0.384. The Morgan fingerprint density at radius 3 is 2.59 bits per heavy atom. The second-order valence-corrected chi connectivity index (χ2v) is 5.40. The van der Waals surface area contributed by atoms with E-state index in [-0.39, 0.29) is 10.7 Å². The van der Waals surface area contributed by atoms with E-state index in [1.165, 1.54) is 30.5 Å². The molecule has 0 aliphatic rings. The molecule has 0 radical (unpaired) electrons. The Hall–Kier alpha value is -2.20. The molecule has 2 aromatic rings. The van der Waals surface area contributed by atoms with Gasteiger partial charge in [0, 0.05) is 12.3 Å². The minimum Gasteiger partial charge on any atom is -0.258 e. The molecule has 0 fully saturated rings. The summed E-state index contributed by atoms with van der Waals surface area (Å²) in [6.45, 7) is 2.17. The van der Waals surface area contributed by atoms with Crippen LogP contribution < -0.4 is 0 Å². The second-order valence-electron chi connectivity index (χ2n) is 5.00. The van der Waals surface area contributed by atoms with Crippen molar-refractivity contribution in [2.24, 2.45) is 4.99 Å². The van der Waals surface area contributed by atoms with Gasteiger partial charge in [0.05, 0.1) is 10.6 Å². The first kappa shape index (κ1) is 16.2. The van der Waals surface area contributed by atoms with E-state index in [2.05, 4.69) is 24.0 Å². The molecule has 0 aromatic heterocycles. The maximum atomic E-state index is 10.8. The fourth-order valence-corrected chi connectivity index (χ4v) is 2.22. The first-order valence-electron chi connectivity index (χ1n) is 7.17. The van der Waals surface area contributed by atoms with Crippen LogP contribution in [0.15, 0.2) is 47.5 Å². The number of benzene rings is 2. The van der Waals surface area contributed by atoms with Gasteiger partial charge in [0.15, 0.2) is 0 Å². The Morgan fingerprint density at radius 2 is 1.95 bits per heavy atom. The number of aryl methyl sites for hydroxylation is 1. The highest BCUT2D eigenvalue weighted by atomic mass is 35.5. The first-order chi connectivity index (χ1) is 10.6. The number of halogens is 1. The Kier molecular flexibility index (Phi) is 5.67. The SMILES string of the molecule is CCCCc1ccc(N=Cc2ccc(Cl)c([N+](=O)[O-])c2)cc1.